The Bertz CT molecular complexity index is 915. The fraction of sp³-hybridized carbons (Fsp3) is 0.263. The molecule has 8 heteroatoms. The lowest BCUT2D eigenvalue weighted by Crippen LogP contribution is -2.29. The number of aromatic nitrogens is 2. The molecule has 4 heterocycles. The highest BCUT2D eigenvalue weighted by Gasteiger charge is 2.19. The van der Waals surface area contributed by atoms with Crippen LogP contribution in [-0.2, 0) is 0 Å². The summed E-state index contributed by atoms with van der Waals surface area (Å²) in [5.41, 5.74) is 3.81. The number of amides is 1. The van der Waals surface area contributed by atoms with Crippen molar-refractivity contribution in [2.45, 2.75) is 19.3 Å². The van der Waals surface area contributed by atoms with Crippen LogP contribution < -0.4 is 10.3 Å². The number of pyridine rings is 1. The molecule has 0 aromatic carbocycles. The largest absolute Gasteiger partial charge is 0.348 e. The number of thiazole rings is 1. The topological polar surface area (TPSA) is 70.5 Å². The summed E-state index contributed by atoms with van der Waals surface area (Å²) >= 11 is 3.27. The number of nitrogens with one attached hydrogen (secondary N) is 1. The molecule has 3 aromatic rings. The van der Waals surface area contributed by atoms with E-state index in [-0.39, 0.29) is 5.91 Å². The molecule has 0 saturated carbocycles. The van der Waals surface area contributed by atoms with Gasteiger partial charge in [0.2, 0.25) is 0 Å². The van der Waals surface area contributed by atoms with E-state index in [1.807, 2.05) is 11.4 Å². The quantitative estimate of drug-likeness (QED) is 0.521. The number of carbonyl (C=O) groups excluding carboxylic acids is 1. The first-order chi connectivity index (χ1) is 13.3. The van der Waals surface area contributed by atoms with Crippen molar-refractivity contribution in [3.05, 3.63) is 52.5 Å². The Kier molecular flexibility index (Phi) is 5.55. The van der Waals surface area contributed by atoms with Gasteiger partial charge in [-0.2, -0.15) is 5.10 Å². The third-order valence-corrected chi connectivity index (χ3v) is 6.20. The van der Waals surface area contributed by atoms with Gasteiger partial charge in [0.15, 0.2) is 5.13 Å². The Balaban J connectivity index is 1.55. The third kappa shape index (κ3) is 4.23. The van der Waals surface area contributed by atoms with Gasteiger partial charge < -0.3 is 4.90 Å². The van der Waals surface area contributed by atoms with Crippen molar-refractivity contribution in [2.75, 3.05) is 18.0 Å². The van der Waals surface area contributed by atoms with Crippen molar-refractivity contribution in [3.8, 4) is 10.6 Å². The molecule has 1 saturated heterocycles. The second kappa shape index (κ2) is 8.41. The van der Waals surface area contributed by atoms with E-state index in [2.05, 4.69) is 26.5 Å². The normalized spacial score (nSPS) is 14.6. The molecule has 1 aliphatic heterocycles. The Morgan fingerprint density at radius 1 is 1.19 bits per heavy atom. The molecule has 0 spiro atoms. The Morgan fingerprint density at radius 2 is 2.07 bits per heavy atom. The lowest BCUT2D eigenvalue weighted by atomic mass is 10.1. The van der Waals surface area contributed by atoms with E-state index in [9.17, 15) is 4.79 Å². The standard InChI is InChI=1S/C19H19N5OS2/c25-18(14-7-2-3-9-20-14)23-21-13-16-17(15-8-6-12-26-15)22-19(27-16)24-10-4-1-5-11-24/h2-3,6-9,12-13H,1,4-5,10-11H2,(H,23,25)/b21-13-. The summed E-state index contributed by atoms with van der Waals surface area (Å²) in [7, 11) is 0. The van der Waals surface area contributed by atoms with Gasteiger partial charge in [-0.05, 0) is 42.8 Å². The van der Waals surface area contributed by atoms with Crippen molar-refractivity contribution >= 4 is 39.9 Å². The Labute approximate surface area is 165 Å². The van der Waals surface area contributed by atoms with E-state index in [1.54, 1.807) is 53.3 Å². The first-order valence-corrected chi connectivity index (χ1v) is 10.5. The number of nitrogens with zero attached hydrogens (tertiary/aromatic N) is 4. The summed E-state index contributed by atoms with van der Waals surface area (Å²) in [6.45, 7) is 2.09. The summed E-state index contributed by atoms with van der Waals surface area (Å²) in [5, 5.41) is 7.20. The highest BCUT2D eigenvalue weighted by atomic mass is 32.1. The van der Waals surface area contributed by atoms with Crippen LogP contribution in [0.1, 0.15) is 34.6 Å². The van der Waals surface area contributed by atoms with Crippen molar-refractivity contribution in [2.24, 2.45) is 5.10 Å². The van der Waals surface area contributed by atoms with Gasteiger partial charge in [-0.25, -0.2) is 10.4 Å². The average Bonchev–Trinajstić information content (AvgIpc) is 3.39. The number of hydrogen-bond donors (Lipinski definition) is 1. The second-order valence-corrected chi connectivity index (χ2v) is 8.11. The molecule has 0 unspecified atom stereocenters. The number of rotatable bonds is 5. The number of piperidine rings is 1. The summed E-state index contributed by atoms with van der Waals surface area (Å²) in [4.78, 5) is 25.4. The number of carbonyl (C=O) groups is 1. The summed E-state index contributed by atoms with van der Waals surface area (Å²) in [6.07, 6.45) is 6.96. The number of anilines is 1. The molecule has 1 fully saturated rings. The summed E-state index contributed by atoms with van der Waals surface area (Å²) < 4.78 is 0. The van der Waals surface area contributed by atoms with Crippen LogP contribution in [0.2, 0.25) is 0 Å². The lowest BCUT2D eigenvalue weighted by Gasteiger charge is -2.25. The minimum absolute atomic E-state index is 0.328. The fourth-order valence-corrected chi connectivity index (χ4v) is 4.72. The first-order valence-electron chi connectivity index (χ1n) is 8.85. The molecule has 0 bridgehead atoms. The van der Waals surface area contributed by atoms with Crippen molar-refractivity contribution in [1.82, 2.24) is 15.4 Å². The number of hydrogen-bond acceptors (Lipinski definition) is 7. The third-order valence-electron chi connectivity index (χ3n) is 4.27. The molecule has 1 amide bonds. The predicted molar refractivity (Wildman–Crippen MR) is 111 cm³/mol. The summed E-state index contributed by atoms with van der Waals surface area (Å²) in [6, 6.07) is 9.28. The molecule has 3 aromatic heterocycles. The molecule has 0 radical (unpaired) electrons. The van der Waals surface area contributed by atoms with Crippen molar-refractivity contribution < 1.29 is 4.79 Å². The van der Waals surface area contributed by atoms with E-state index < -0.39 is 0 Å². The monoisotopic (exact) mass is 397 g/mol. The lowest BCUT2D eigenvalue weighted by molar-refractivity contribution is 0.0950. The predicted octanol–water partition coefficient (Wildman–Crippen LogP) is 4.02. The maximum atomic E-state index is 12.1. The van der Waals surface area contributed by atoms with E-state index in [0.29, 0.717) is 5.69 Å². The van der Waals surface area contributed by atoms with Gasteiger partial charge >= 0.3 is 0 Å². The van der Waals surface area contributed by atoms with Crippen molar-refractivity contribution in [3.63, 3.8) is 0 Å². The van der Waals surface area contributed by atoms with Crippen LogP contribution >= 0.6 is 22.7 Å². The van der Waals surface area contributed by atoms with Gasteiger partial charge in [0.1, 0.15) is 11.4 Å². The zero-order chi connectivity index (χ0) is 18.5. The molecule has 4 rings (SSSR count). The highest BCUT2D eigenvalue weighted by Crippen LogP contribution is 2.35. The van der Waals surface area contributed by atoms with Crippen LogP contribution in [0.3, 0.4) is 0 Å². The first kappa shape index (κ1) is 17.8. The van der Waals surface area contributed by atoms with Crippen LogP contribution in [0.25, 0.3) is 10.6 Å². The van der Waals surface area contributed by atoms with E-state index in [0.717, 1.165) is 33.7 Å². The zero-order valence-electron chi connectivity index (χ0n) is 14.7. The maximum absolute atomic E-state index is 12.1. The van der Waals surface area contributed by atoms with Gasteiger partial charge in [-0.15, -0.1) is 11.3 Å². The van der Waals surface area contributed by atoms with Crippen LogP contribution in [0.15, 0.2) is 47.0 Å². The number of thiophene rings is 1. The van der Waals surface area contributed by atoms with Crippen LogP contribution in [0.5, 0.6) is 0 Å². The molecule has 138 valence electrons. The maximum Gasteiger partial charge on any atom is 0.289 e. The molecular weight excluding hydrogens is 378 g/mol. The number of hydrazone groups is 1. The van der Waals surface area contributed by atoms with Gasteiger partial charge in [-0.3, -0.25) is 9.78 Å². The molecule has 1 N–H and O–H groups in total. The Hall–Kier alpha value is -2.58. The molecule has 27 heavy (non-hydrogen) atoms. The van der Waals surface area contributed by atoms with Gasteiger partial charge in [0.05, 0.1) is 16.0 Å². The Morgan fingerprint density at radius 3 is 2.81 bits per heavy atom. The fourth-order valence-electron chi connectivity index (χ4n) is 2.92. The van der Waals surface area contributed by atoms with Gasteiger partial charge in [-0.1, -0.05) is 23.5 Å². The van der Waals surface area contributed by atoms with E-state index >= 15 is 0 Å². The minimum atomic E-state index is -0.328. The van der Waals surface area contributed by atoms with Gasteiger partial charge in [0, 0.05) is 19.3 Å². The SMILES string of the molecule is O=C(N/N=C\c1sc(N2CCCCC2)nc1-c1cccs1)c1ccccn1. The highest BCUT2D eigenvalue weighted by molar-refractivity contribution is 7.18. The smallest absolute Gasteiger partial charge is 0.289 e. The summed E-state index contributed by atoms with van der Waals surface area (Å²) in [5.74, 6) is -0.328. The van der Waals surface area contributed by atoms with E-state index in [1.165, 1.54) is 19.3 Å². The van der Waals surface area contributed by atoms with Crippen LogP contribution in [0, 0.1) is 0 Å². The average molecular weight is 398 g/mol. The molecule has 0 aliphatic carbocycles. The molecular formula is C19H19N5OS2. The van der Waals surface area contributed by atoms with E-state index in [4.69, 9.17) is 4.98 Å². The minimum Gasteiger partial charge on any atom is -0.348 e. The molecule has 1 aliphatic rings. The molecule has 6 nitrogen and oxygen atoms in total. The molecule has 0 atom stereocenters. The van der Waals surface area contributed by atoms with Crippen LogP contribution in [0.4, 0.5) is 5.13 Å². The second-order valence-electron chi connectivity index (χ2n) is 6.15. The van der Waals surface area contributed by atoms with Gasteiger partial charge in [0.25, 0.3) is 5.91 Å². The van der Waals surface area contributed by atoms with Crippen molar-refractivity contribution in [1.29, 1.82) is 0 Å². The zero-order valence-corrected chi connectivity index (χ0v) is 16.3. The van der Waals surface area contributed by atoms with Crippen LogP contribution in [-0.4, -0.2) is 35.2 Å².